The molecule has 17 heteroatoms. The average molecular weight is 937 g/mol. The zero-order valence-corrected chi connectivity index (χ0v) is 42.4. The molecule has 17 nitrogen and oxygen atoms in total. The fraction of sp³-hybridized carbons (Fsp3) is 0.680. The normalized spacial score (nSPS) is 19.0. The number of unbranched alkanes of at least 4 members (excludes halogenated alkanes) is 2. The van der Waals surface area contributed by atoms with E-state index in [9.17, 15) is 33.6 Å². The Morgan fingerprint density at radius 1 is 0.836 bits per heavy atom. The third-order valence-electron chi connectivity index (χ3n) is 13.3. The lowest BCUT2D eigenvalue weighted by atomic mass is 9.89. The third-order valence-corrected chi connectivity index (χ3v) is 13.3. The first-order valence-electron chi connectivity index (χ1n) is 24.0. The standard InChI is InChI=1S/C50H80N8O9/c1-14-33(6)46(56(11)50(65)43(31(2)3)52-49(64)45(32(4)5)55(9)10)38(66-12)30-42(62)57-29-21-24-37(57)47(67-13)34(7)48(63)51-35(8)44(36-22-17-15-18-23-36)54-53-39(59)25-19-16-20-28-58-40(60)26-27-41(58)61/h15,17-18,22-23,26-27,31-35,37-38,43,45-47H,14,16,19-21,24-25,28-30H2,1-13H3,(H,51,63)(H,52,64)(H,53,59)/t33-,34+,35+,37-,38+,43-,45-,46-,47+/m0/s1. The molecular weight excluding hydrogens is 857 g/mol. The average Bonchev–Trinajstić information content (AvgIpc) is 3.90. The highest BCUT2D eigenvalue weighted by Crippen LogP contribution is 2.30. The van der Waals surface area contributed by atoms with Gasteiger partial charge in [-0.05, 0) is 70.0 Å². The van der Waals surface area contributed by atoms with Crippen molar-refractivity contribution in [2.75, 3.05) is 48.5 Å². The van der Waals surface area contributed by atoms with Crippen LogP contribution in [0.1, 0.15) is 112 Å². The number of hydrogen-bond acceptors (Lipinski definition) is 11. The smallest absolute Gasteiger partial charge is 0.253 e. The summed E-state index contributed by atoms with van der Waals surface area (Å²) in [5.41, 5.74) is 3.79. The number of methoxy groups -OCH3 is 2. The van der Waals surface area contributed by atoms with Crippen molar-refractivity contribution < 1.29 is 43.0 Å². The highest BCUT2D eigenvalue weighted by molar-refractivity contribution is 6.12. The van der Waals surface area contributed by atoms with Crippen LogP contribution in [0.25, 0.3) is 0 Å². The summed E-state index contributed by atoms with van der Waals surface area (Å²) in [5, 5.41) is 10.6. The Kier molecular flexibility index (Phi) is 22.8. The fourth-order valence-electron chi connectivity index (χ4n) is 9.41. The lowest BCUT2D eigenvalue weighted by Gasteiger charge is -2.41. The Bertz CT molecular complexity index is 1860. The van der Waals surface area contributed by atoms with Crippen LogP contribution in [-0.4, -0.2) is 158 Å². The van der Waals surface area contributed by atoms with Crippen molar-refractivity contribution in [3.8, 4) is 0 Å². The number of likely N-dealkylation sites (tertiary alicyclic amines) is 1. The number of hydrogen-bond donors (Lipinski definition) is 3. The Balaban J connectivity index is 1.72. The molecule has 9 atom stereocenters. The molecule has 7 amide bonds. The zero-order chi connectivity index (χ0) is 50.1. The maximum atomic E-state index is 14.4. The quantitative estimate of drug-likeness (QED) is 0.0499. The number of imide groups is 1. The second-order valence-corrected chi connectivity index (χ2v) is 19.1. The minimum absolute atomic E-state index is 0.0105. The molecule has 2 heterocycles. The molecule has 2 aliphatic heterocycles. The van der Waals surface area contributed by atoms with E-state index in [1.54, 1.807) is 37.8 Å². The van der Waals surface area contributed by atoms with Crippen LogP contribution in [0.5, 0.6) is 0 Å². The molecule has 1 saturated heterocycles. The number of hydrazone groups is 1. The minimum atomic E-state index is -0.790. The van der Waals surface area contributed by atoms with Crippen molar-refractivity contribution in [3.63, 3.8) is 0 Å². The lowest BCUT2D eigenvalue weighted by molar-refractivity contribution is -0.148. The molecule has 2 aliphatic rings. The van der Waals surface area contributed by atoms with Gasteiger partial charge in [-0.2, -0.15) is 5.10 Å². The molecule has 3 rings (SSSR count). The molecule has 1 aromatic carbocycles. The van der Waals surface area contributed by atoms with Gasteiger partial charge in [0.2, 0.25) is 29.5 Å². The summed E-state index contributed by atoms with van der Waals surface area (Å²) in [5.74, 6) is -2.85. The third kappa shape index (κ3) is 15.5. The van der Waals surface area contributed by atoms with Gasteiger partial charge in [0.15, 0.2) is 0 Å². The first kappa shape index (κ1) is 56.3. The number of amides is 7. The van der Waals surface area contributed by atoms with Crippen LogP contribution in [0.2, 0.25) is 0 Å². The van der Waals surface area contributed by atoms with Crippen molar-refractivity contribution in [1.82, 2.24) is 35.7 Å². The van der Waals surface area contributed by atoms with E-state index in [0.717, 1.165) is 0 Å². The summed E-state index contributed by atoms with van der Waals surface area (Å²) in [6, 6.07) is 6.49. The van der Waals surface area contributed by atoms with E-state index in [4.69, 9.17) is 9.47 Å². The number of carbonyl (C=O) groups is 7. The summed E-state index contributed by atoms with van der Waals surface area (Å²) in [6.45, 7) is 16.1. The Hall–Kier alpha value is -5.00. The van der Waals surface area contributed by atoms with E-state index in [2.05, 4.69) is 21.2 Å². The van der Waals surface area contributed by atoms with Crippen LogP contribution in [0.4, 0.5) is 0 Å². The van der Waals surface area contributed by atoms with Crippen molar-refractivity contribution in [2.45, 2.75) is 149 Å². The molecule has 1 aromatic rings. The van der Waals surface area contributed by atoms with Gasteiger partial charge in [0, 0.05) is 52.9 Å². The second-order valence-electron chi connectivity index (χ2n) is 19.1. The van der Waals surface area contributed by atoms with Crippen molar-refractivity contribution in [2.24, 2.45) is 28.8 Å². The number of rotatable bonds is 27. The predicted octanol–water partition coefficient (Wildman–Crippen LogP) is 4.14. The number of nitrogens with one attached hydrogen (secondary N) is 3. The van der Waals surface area contributed by atoms with Gasteiger partial charge in [0.25, 0.3) is 11.8 Å². The summed E-state index contributed by atoms with van der Waals surface area (Å²) in [7, 11) is 8.51. The number of likely N-dealkylation sites (N-methyl/N-ethyl adjacent to an activating group) is 2. The van der Waals surface area contributed by atoms with Crippen LogP contribution in [0.15, 0.2) is 47.6 Å². The van der Waals surface area contributed by atoms with E-state index in [1.807, 2.05) is 90.9 Å². The van der Waals surface area contributed by atoms with Crippen molar-refractivity contribution in [3.05, 3.63) is 48.0 Å². The maximum absolute atomic E-state index is 14.4. The Morgan fingerprint density at radius 2 is 1.48 bits per heavy atom. The molecule has 0 saturated carbocycles. The van der Waals surface area contributed by atoms with Gasteiger partial charge in [-0.15, -0.1) is 0 Å². The summed E-state index contributed by atoms with van der Waals surface area (Å²) < 4.78 is 12.1. The number of carbonyl (C=O) groups excluding carboxylic acids is 7. The first-order valence-corrected chi connectivity index (χ1v) is 24.0. The number of ether oxygens (including phenoxy) is 2. The largest absolute Gasteiger partial charge is 0.379 e. The molecule has 3 N–H and O–H groups in total. The predicted molar refractivity (Wildman–Crippen MR) is 258 cm³/mol. The van der Waals surface area contributed by atoms with Crippen molar-refractivity contribution in [1.29, 1.82) is 0 Å². The maximum Gasteiger partial charge on any atom is 0.253 e. The molecule has 0 spiro atoms. The molecule has 1 fully saturated rings. The van der Waals surface area contributed by atoms with Crippen LogP contribution < -0.4 is 16.1 Å². The summed E-state index contributed by atoms with van der Waals surface area (Å²) >= 11 is 0. The topological polar surface area (TPSA) is 199 Å². The second kappa shape index (κ2) is 27.1. The highest BCUT2D eigenvalue weighted by Gasteiger charge is 2.43. The molecule has 374 valence electrons. The highest BCUT2D eigenvalue weighted by atomic mass is 16.5. The molecular formula is C50H80N8O9. The lowest BCUT2D eigenvalue weighted by Crippen LogP contribution is -2.59. The van der Waals surface area contributed by atoms with Gasteiger partial charge in [-0.1, -0.05) is 91.6 Å². The minimum Gasteiger partial charge on any atom is -0.379 e. The van der Waals surface area contributed by atoms with Gasteiger partial charge in [0.1, 0.15) is 6.04 Å². The number of benzene rings is 1. The van der Waals surface area contributed by atoms with Crippen LogP contribution in [0, 0.1) is 23.7 Å². The van der Waals surface area contributed by atoms with E-state index in [0.29, 0.717) is 62.9 Å². The Morgan fingerprint density at radius 3 is 2.03 bits per heavy atom. The van der Waals surface area contributed by atoms with Gasteiger partial charge < -0.3 is 29.9 Å². The fourth-order valence-corrected chi connectivity index (χ4v) is 9.41. The summed E-state index contributed by atoms with van der Waals surface area (Å²) in [6.07, 6.45) is 5.15. The van der Waals surface area contributed by atoms with Gasteiger partial charge in [-0.3, -0.25) is 43.4 Å². The molecule has 0 aliphatic carbocycles. The number of nitrogens with zero attached hydrogens (tertiary/aromatic N) is 5. The molecule has 0 aromatic heterocycles. The van der Waals surface area contributed by atoms with E-state index in [-0.39, 0.29) is 71.9 Å². The van der Waals surface area contributed by atoms with Crippen molar-refractivity contribution >= 4 is 47.1 Å². The van der Waals surface area contributed by atoms with E-state index in [1.165, 1.54) is 24.2 Å². The van der Waals surface area contributed by atoms with Gasteiger partial charge >= 0.3 is 0 Å². The van der Waals surface area contributed by atoms with Gasteiger partial charge in [0.05, 0.1) is 54.4 Å². The van der Waals surface area contributed by atoms with Crippen LogP contribution in [-0.2, 0) is 43.0 Å². The van der Waals surface area contributed by atoms with Crippen LogP contribution in [0.3, 0.4) is 0 Å². The van der Waals surface area contributed by atoms with Gasteiger partial charge in [-0.25, -0.2) is 5.43 Å². The summed E-state index contributed by atoms with van der Waals surface area (Å²) in [4.78, 5) is 99.3. The Labute approximate surface area is 399 Å². The molecule has 0 bridgehead atoms. The molecule has 0 radical (unpaired) electrons. The zero-order valence-electron chi connectivity index (χ0n) is 42.4. The first-order chi connectivity index (χ1) is 31.7. The van der Waals surface area contributed by atoms with E-state index < -0.39 is 48.3 Å². The molecule has 0 unspecified atom stereocenters. The SMILES string of the molecule is CC[C@H](C)[C@@H]([C@@H](CC(=O)N1CCC[C@H]1[C@H](OC)[C@@H](C)C(=O)N[C@H](C)C(=NNC(=O)CCCCCN1C(=O)C=CC1=O)c1ccccc1)OC)N(C)C(=O)[C@@H](NC(=O)[C@H](C(C)C)N(C)C)C(C)C. The monoisotopic (exact) mass is 937 g/mol. The molecule has 67 heavy (non-hydrogen) atoms. The van der Waals surface area contributed by atoms with Crippen LogP contribution >= 0.6 is 0 Å². The van der Waals surface area contributed by atoms with E-state index >= 15 is 0 Å².